The van der Waals surface area contributed by atoms with Gasteiger partial charge in [-0.25, -0.2) is 4.79 Å². The zero-order valence-corrected chi connectivity index (χ0v) is 11.5. The molecule has 0 heterocycles. The van der Waals surface area contributed by atoms with Crippen molar-refractivity contribution in [2.24, 2.45) is 0 Å². The van der Waals surface area contributed by atoms with Crippen molar-refractivity contribution in [3.05, 3.63) is 71.8 Å². The van der Waals surface area contributed by atoms with Gasteiger partial charge in [0.2, 0.25) is 0 Å². The zero-order valence-electron chi connectivity index (χ0n) is 11.5. The van der Waals surface area contributed by atoms with E-state index >= 15 is 0 Å². The second-order valence-electron chi connectivity index (χ2n) is 4.15. The van der Waals surface area contributed by atoms with Gasteiger partial charge in [0.1, 0.15) is 5.75 Å². The minimum atomic E-state index is -0.394. The van der Waals surface area contributed by atoms with Crippen LogP contribution in [0.4, 0.5) is 0 Å². The predicted octanol–water partition coefficient (Wildman–Crippen LogP) is 3.30. The summed E-state index contributed by atoms with van der Waals surface area (Å²) >= 11 is 0. The highest BCUT2D eigenvalue weighted by Gasteiger charge is 2.12. The third-order valence-corrected chi connectivity index (χ3v) is 2.95. The van der Waals surface area contributed by atoms with Gasteiger partial charge in [-0.2, -0.15) is 0 Å². The van der Waals surface area contributed by atoms with Crippen molar-refractivity contribution in [2.75, 3.05) is 14.2 Å². The van der Waals surface area contributed by atoms with E-state index in [9.17, 15) is 4.79 Å². The zero-order chi connectivity index (χ0) is 14.4. The third kappa shape index (κ3) is 3.06. The van der Waals surface area contributed by atoms with E-state index in [0.717, 1.165) is 16.7 Å². The number of carbonyl (C=O) groups is 1. The van der Waals surface area contributed by atoms with Crippen LogP contribution in [0.3, 0.4) is 0 Å². The van der Waals surface area contributed by atoms with Gasteiger partial charge in [0, 0.05) is 11.6 Å². The fourth-order valence-electron chi connectivity index (χ4n) is 1.98. The number of methoxy groups -OCH3 is 2. The minimum absolute atomic E-state index is 0.394. The van der Waals surface area contributed by atoms with Crippen LogP contribution in [-0.4, -0.2) is 20.2 Å². The lowest BCUT2D eigenvalue weighted by Gasteiger charge is -2.12. The van der Waals surface area contributed by atoms with Crippen LogP contribution in [-0.2, 0) is 9.53 Å². The molecule has 0 amide bonds. The predicted molar refractivity (Wildman–Crippen MR) is 78.5 cm³/mol. The molecular formula is C17H16O3. The Labute approximate surface area is 118 Å². The summed E-state index contributed by atoms with van der Waals surface area (Å²) in [5.74, 6) is 0.321. The molecule has 0 aliphatic rings. The van der Waals surface area contributed by atoms with Gasteiger partial charge < -0.3 is 9.47 Å². The van der Waals surface area contributed by atoms with Crippen molar-refractivity contribution >= 4 is 11.5 Å². The van der Waals surface area contributed by atoms with E-state index in [1.54, 1.807) is 7.11 Å². The number of carbonyl (C=O) groups excluding carboxylic acids is 1. The molecule has 0 fully saturated rings. The van der Waals surface area contributed by atoms with Crippen molar-refractivity contribution in [3.8, 4) is 5.75 Å². The highest BCUT2D eigenvalue weighted by molar-refractivity contribution is 5.97. The molecule has 2 rings (SSSR count). The maximum Gasteiger partial charge on any atom is 0.331 e. The Kier molecular flexibility index (Phi) is 4.56. The van der Waals surface area contributed by atoms with Gasteiger partial charge >= 0.3 is 5.97 Å². The number of para-hydroxylation sites is 1. The van der Waals surface area contributed by atoms with Gasteiger partial charge in [-0.15, -0.1) is 0 Å². The van der Waals surface area contributed by atoms with E-state index in [1.165, 1.54) is 13.2 Å². The van der Waals surface area contributed by atoms with E-state index in [0.29, 0.717) is 5.75 Å². The molecule has 0 N–H and O–H groups in total. The largest absolute Gasteiger partial charge is 0.496 e. The molecule has 0 unspecified atom stereocenters. The number of rotatable bonds is 4. The third-order valence-electron chi connectivity index (χ3n) is 2.95. The smallest absolute Gasteiger partial charge is 0.331 e. The van der Waals surface area contributed by atoms with Crippen LogP contribution in [0.5, 0.6) is 5.75 Å². The molecule has 20 heavy (non-hydrogen) atoms. The topological polar surface area (TPSA) is 35.5 Å². The molecule has 0 saturated heterocycles. The van der Waals surface area contributed by atoms with Gasteiger partial charge in [0.25, 0.3) is 0 Å². The maximum absolute atomic E-state index is 11.6. The average Bonchev–Trinajstić information content (AvgIpc) is 2.53. The Morgan fingerprint density at radius 1 is 0.950 bits per heavy atom. The Morgan fingerprint density at radius 2 is 1.60 bits per heavy atom. The highest BCUT2D eigenvalue weighted by Crippen LogP contribution is 2.30. The fraction of sp³-hybridized carbons (Fsp3) is 0.118. The van der Waals surface area contributed by atoms with Gasteiger partial charge in [-0.1, -0.05) is 48.5 Å². The van der Waals surface area contributed by atoms with E-state index in [4.69, 9.17) is 9.47 Å². The molecule has 2 aromatic rings. The molecule has 0 aliphatic carbocycles. The second kappa shape index (κ2) is 6.57. The van der Waals surface area contributed by atoms with Gasteiger partial charge in [-0.05, 0) is 17.2 Å². The first-order valence-electron chi connectivity index (χ1n) is 6.24. The summed E-state index contributed by atoms with van der Waals surface area (Å²) in [6.07, 6.45) is 1.48. The van der Waals surface area contributed by atoms with Gasteiger partial charge in [0.05, 0.1) is 14.2 Å². The Balaban J connectivity index is 2.58. The Hall–Kier alpha value is -2.55. The van der Waals surface area contributed by atoms with Crippen molar-refractivity contribution in [3.63, 3.8) is 0 Å². The summed E-state index contributed by atoms with van der Waals surface area (Å²) in [5, 5.41) is 0. The number of hydrogen-bond donors (Lipinski definition) is 0. The van der Waals surface area contributed by atoms with Crippen molar-refractivity contribution in [1.29, 1.82) is 0 Å². The molecule has 3 heteroatoms. The summed E-state index contributed by atoms with van der Waals surface area (Å²) in [6.45, 7) is 0. The molecule has 0 saturated carbocycles. The first kappa shape index (κ1) is 13.9. The minimum Gasteiger partial charge on any atom is -0.496 e. The van der Waals surface area contributed by atoms with Crippen LogP contribution in [0.25, 0.3) is 5.57 Å². The molecule has 0 radical (unpaired) electrons. The van der Waals surface area contributed by atoms with Gasteiger partial charge in [0.15, 0.2) is 0 Å². The molecule has 2 aromatic carbocycles. The molecule has 0 bridgehead atoms. The number of esters is 1. The molecule has 0 aromatic heterocycles. The van der Waals surface area contributed by atoms with Gasteiger partial charge in [-0.3, -0.25) is 0 Å². The number of hydrogen-bond acceptors (Lipinski definition) is 3. The molecule has 0 aliphatic heterocycles. The lowest BCUT2D eigenvalue weighted by Crippen LogP contribution is -2.00. The van der Waals surface area contributed by atoms with Crippen LogP contribution in [0, 0.1) is 0 Å². The van der Waals surface area contributed by atoms with E-state index in [-0.39, 0.29) is 0 Å². The summed E-state index contributed by atoms with van der Waals surface area (Å²) in [7, 11) is 2.98. The summed E-state index contributed by atoms with van der Waals surface area (Å²) in [6, 6.07) is 17.3. The van der Waals surface area contributed by atoms with Crippen molar-refractivity contribution < 1.29 is 14.3 Å². The average molecular weight is 268 g/mol. The SMILES string of the molecule is COC(=O)/C=C(/c1ccccc1)c1ccccc1OC. The highest BCUT2D eigenvalue weighted by atomic mass is 16.5. The standard InChI is InChI=1S/C17H16O3/c1-19-16-11-7-6-10-14(16)15(12-17(18)20-2)13-8-4-3-5-9-13/h3-12H,1-2H3/b15-12-. The lowest BCUT2D eigenvalue weighted by molar-refractivity contribution is -0.134. The van der Waals surface area contributed by atoms with Crippen LogP contribution >= 0.6 is 0 Å². The Morgan fingerprint density at radius 3 is 2.25 bits per heavy atom. The quantitative estimate of drug-likeness (QED) is 0.630. The molecule has 0 spiro atoms. The van der Waals surface area contributed by atoms with Crippen LogP contribution in [0.15, 0.2) is 60.7 Å². The first-order chi connectivity index (χ1) is 9.76. The molecule has 102 valence electrons. The van der Waals surface area contributed by atoms with E-state index in [1.807, 2.05) is 54.6 Å². The number of ether oxygens (including phenoxy) is 2. The summed E-state index contributed by atoms with van der Waals surface area (Å²) in [5.41, 5.74) is 2.56. The lowest BCUT2D eigenvalue weighted by atomic mass is 9.97. The first-order valence-corrected chi connectivity index (χ1v) is 6.24. The summed E-state index contributed by atoms with van der Waals surface area (Å²) < 4.78 is 10.1. The van der Waals surface area contributed by atoms with Crippen LogP contribution in [0.2, 0.25) is 0 Å². The molecule has 3 nitrogen and oxygen atoms in total. The van der Waals surface area contributed by atoms with Crippen LogP contribution < -0.4 is 4.74 Å². The maximum atomic E-state index is 11.6. The fourth-order valence-corrected chi connectivity index (χ4v) is 1.98. The van der Waals surface area contributed by atoms with E-state index in [2.05, 4.69) is 0 Å². The second-order valence-corrected chi connectivity index (χ2v) is 4.15. The Bertz CT molecular complexity index is 615. The molecule has 0 atom stereocenters. The normalized spacial score (nSPS) is 11.0. The van der Waals surface area contributed by atoms with Crippen molar-refractivity contribution in [1.82, 2.24) is 0 Å². The summed E-state index contributed by atoms with van der Waals surface area (Å²) in [4.78, 5) is 11.6. The number of benzene rings is 2. The van der Waals surface area contributed by atoms with Crippen molar-refractivity contribution in [2.45, 2.75) is 0 Å². The molecular weight excluding hydrogens is 252 g/mol. The monoisotopic (exact) mass is 268 g/mol. The van der Waals surface area contributed by atoms with E-state index < -0.39 is 5.97 Å². The van der Waals surface area contributed by atoms with Crippen LogP contribution in [0.1, 0.15) is 11.1 Å².